The van der Waals surface area contributed by atoms with Crippen LogP contribution in [-0.2, 0) is 26.0 Å². The number of carboxylic acids is 1. The highest BCUT2D eigenvalue weighted by Crippen LogP contribution is 2.41. The highest BCUT2D eigenvalue weighted by Gasteiger charge is 2.49. The fourth-order valence-electron chi connectivity index (χ4n) is 3.86. The van der Waals surface area contributed by atoms with E-state index >= 15 is 0 Å². The van der Waals surface area contributed by atoms with E-state index in [-0.39, 0.29) is 42.1 Å². The highest BCUT2D eigenvalue weighted by atomic mass is 32.2. The molecule has 2 heterocycles. The van der Waals surface area contributed by atoms with Crippen LogP contribution in [0.25, 0.3) is 0 Å². The van der Waals surface area contributed by atoms with E-state index in [4.69, 9.17) is 9.84 Å². The number of aliphatic carboxylic acids is 1. The van der Waals surface area contributed by atoms with Gasteiger partial charge in [-0.05, 0) is 36.2 Å². The summed E-state index contributed by atoms with van der Waals surface area (Å²) in [5.41, 5.74) is 1.78. The third-order valence-corrected chi connectivity index (χ3v) is 8.64. The third-order valence-electron chi connectivity index (χ3n) is 5.43. The Morgan fingerprint density at radius 3 is 2.48 bits per heavy atom. The molecule has 2 unspecified atom stereocenters. The van der Waals surface area contributed by atoms with Crippen molar-refractivity contribution in [3.05, 3.63) is 60.2 Å². The average molecular weight is 489 g/mol. The molecule has 33 heavy (non-hydrogen) atoms. The lowest BCUT2D eigenvalue weighted by Gasteiger charge is -2.24. The van der Waals surface area contributed by atoms with Gasteiger partial charge in [-0.15, -0.1) is 0 Å². The molecule has 174 valence electrons. The molecule has 1 amide bonds. The number of carbonyl (C=O) groups is 2. The second kappa shape index (κ2) is 9.96. The highest BCUT2D eigenvalue weighted by molar-refractivity contribution is 8.16. The van der Waals surface area contributed by atoms with Crippen LogP contribution in [0.4, 0.5) is 5.69 Å². The molecule has 1 N–H and O–H groups in total. The molecule has 10 heteroatoms. The lowest BCUT2D eigenvalue weighted by atomic mass is 10.2. The molecule has 2 fully saturated rings. The molecule has 0 spiro atoms. The smallest absolute Gasteiger partial charge is 0.303 e. The van der Waals surface area contributed by atoms with Crippen LogP contribution in [0.1, 0.15) is 24.8 Å². The first kappa shape index (κ1) is 23.3. The molecule has 4 rings (SSSR count). The number of anilines is 1. The van der Waals surface area contributed by atoms with Crippen molar-refractivity contribution in [3.63, 3.8) is 0 Å². The second-order valence-electron chi connectivity index (χ2n) is 7.97. The van der Waals surface area contributed by atoms with Crippen molar-refractivity contribution in [2.45, 2.75) is 37.2 Å². The van der Waals surface area contributed by atoms with Crippen LogP contribution in [0.15, 0.2) is 59.6 Å². The lowest BCUT2D eigenvalue weighted by Crippen LogP contribution is -2.37. The molecule has 0 aromatic heterocycles. The van der Waals surface area contributed by atoms with E-state index in [0.717, 1.165) is 11.3 Å². The van der Waals surface area contributed by atoms with Gasteiger partial charge < -0.3 is 14.7 Å². The van der Waals surface area contributed by atoms with E-state index in [2.05, 4.69) is 4.99 Å². The molecule has 2 saturated heterocycles. The topological polar surface area (TPSA) is 113 Å². The number of ether oxygens (including phenoxy) is 1. The van der Waals surface area contributed by atoms with E-state index in [1.807, 2.05) is 59.5 Å². The summed E-state index contributed by atoms with van der Waals surface area (Å²) in [7, 11) is -3.16. The van der Waals surface area contributed by atoms with Gasteiger partial charge in [0.25, 0.3) is 0 Å². The van der Waals surface area contributed by atoms with Crippen molar-refractivity contribution in [3.8, 4) is 5.75 Å². The van der Waals surface area contributed by atoms with Crippen LogP contribution in [-0.4, -0.2) is 53.4 Å². The molecule has 0 radical (unpaired) electrons. The standard InChI is InChI=1S/C23H24N2O6S2/c26-21(7-4-8-22(27)28)24-23-25(19-14-33(29,30)15-20(19)32-23)17-9-11-18(12-10-17)31-13-16-5-2-1-3-6-16/h1-3,5-6,9-12,19-20H,4,7-8,13-15H2,(H,27,28). The van der Waals surface area contributed by atoms with Crippen molar-refractivity contribution in [1.29, 1.82) is 0 Å². The van der Waals surface area contributed by atoms with Gasteiger partial charge in [0.1, 0.15) is 12.4 Å². The summed E-state index contributed by atoms with van der Waals surface area (Å²) in [6.07, 6.45) is 0.149. The number of carboxylic acid groups (broad SMARTS) is 1. The molecule has 2 atom stereocenters. The summed E-state index contributed by atoms with van der Waals surface area (Å²) in [6, 6.07) is 16.8. The number of fused-ring (bicyclic) bond motifs is 1. The second-order valence-corrected chi connectivity index (χ2v) is 11.3. The zero-order valence-corrected chi connectivity index (χ0v) is 19.4. The average Bonchev–Trinajstić information content (AvgIpc) is 3.23. The Labute approximate surface area is 196 Å². The molecule has 0 aliphatic carbocycles. The first-order valence-corrected chi connectivity index (χ1v) is 13.3. The molecule has 2 aliphatic heterocycles. The first-order chi connectivity index (χ1) is 15.8. The van der Waals surface area contributed by atoms with Crippen LogP contribution >= 0.6 is 11.8 Å². The number of hydrogen-bond donors (Lipinski definition) is 1. The van der Waals surface area contributed by atoms with Crippen molar-refractivity contribution in [1.82, 2.24) is 0 Å². The van der Waals surface area contributed by atoms with E-state index in [1.54, 1.807) is 0 Å². The number of carbonyl (C=O) groups excluding carboxylic acids is 1. The minimum absolute atomic E-state index is 0.00312. The molecule has 0 saturated carbocycles. The van der Waals surface area contributed by atoms with E-state index < -0.39 is 21.7 Å². The molecule has 8 nitrogen and oxygen atoms in total. The van der Waals surface area contributed by atoms with Gasteiger partial charge in [-0.2, -0.15) is 4.99 Å². The van der Waals surface area contributed by atoms with Gasteiger partial charge in [0, 0.05) is 23.8 Å². The molecular formula is C23H24N2O6S2. The number of sulfone groups is 1. The Bertz CT molecular complexity index is 1150. The summed E-state index contributed by atoms with van der Waals surface area (Å²) < 4.78 is 30.2. The molecule has 2 aliphatic rings. The fraction of sp³-hybridized carbons (Fsp3) is 0.348. The fourth-order valence-corrected chi connectivity index (χ4v) is 7.79. The minimum Gasteiger partial charge on any atom is -0.489 e. The predicted octanol–water partition coefficient (Wildman–Crippen LogP) is 3.12. The van der Waals surface area contributed by atoms with Crippen LogP contribution in [0.5, 0.6) is 5.75 Å². The summed E-state index contributed by atoms with van der Waals surface area (Å²) in [5.74, 6) is -0.642. The number of thioether (sulfide) groups is 1. The van der Waals surface area contributed by atoms with E-state index in [0.29, 0.717) is 17.5 Å². The van der Waals surface area contributed by atoms with Crippen LogP contribution in [0, 0.1) is 0 Å². The van der Waals surface area contributed by atoms with Gasteiger partial charge >= 0.3 is 5.97 Å². The Hall–Kier alpha value is -2.85. The summed E-state index contributed by atoms with van der Waals surface area (Å²) >= 11 is 1.29. The number of hydrogen-bond acceptors (Lipinski definition) is 6. The Morgan fingerprint density at radius 2 is 1.79 bits per heavy atom. The largest absolute Gasteiger partial charge is 0.489 e. The molecule has 2 aromatic rings. The minimum atomic E-state index is -3.16. The van der Waals surface area contributed by atoms with Crippen LogP contribution < -0.4 is 9.64 Å². The lowest BCUT2D eigenvalue weighted by molar-refractivity contribution is -0.137. The Morgan fingerprint density at radius 1 is 1.06 bits per heavy atom. The number of aliphatic imine (C=N–C) groups is 1. The Kier molecular flexibility index (Phi) is 7.04. The zero-order chi connectivity index (χ0) is 23.4. The van der Waals surface area contributed by atoms with Gasteiger partial charge in [0.15, 0.2) is 15.0 Å². The summed E-state index contributed by atoms with van der Waals surface area (Å²) in [6.45, 7) is 0.431. The summed E-state index contributed by atoms with van der Waals surface area (Å²) in [4.78, 5) is 29.0. The summed E-state index contributed by atoms with van der Waals surface area (Å²) in [5, 5.41) is 9.02. The van der Waals surface area contributed by atoms with E-state index in [1.165, 1.54) is 11.8 Å². The number of amidine groups is 1. The maximum absolute atomic E-state index is 12.3. The Balaban J connectivity index is 1.50. The molecule has 2 aromatic carbocycles. The normalized spacial score (nSPS) is 22.3. The number of benzene rings is 2. The van der Waals surface area contributed by atoms with Gasteiger partial charge in [-0.25, -0.2) is 8.42 Å². The van der Waals surface area contributed by atoms with E-state index in [9.17, 15) is 18.0 Å². The number of rotatable bonds is 8. The third kappa shape index (κ3) is 5.94. The molecule has 0 bridgehead atoms. The zero-order valence-electron chi connectivity index (χ0n) is 17.8. The first-order valence-electron chi connectivity index (χ1n) is 10.6. The number of nitrogens with zero attached hydrogens (tertiary/aromatic N) is 2. The van der Waals surface area contributed by atoms with Crippen molar-refractivity contribution >= 4 is 44.3 Å². The van der Waals surface area contributed by atoms with Crippen molar-refractivity contribution in [2.24, 2.45) is 4.99 Å². The monoisotopic (exact) mass is 488 g/mol. The maximum atomic E-state index is 12.3. The van der Waals surface area contributed by atoms with Gasteiger partial charge in [-0.3, -0.25) is 9.59 Å². The van der Waals surface area contributed by atoms with Crippen molar-refractivity contribution in [2.75, 3.05) is 16.4 Å². The van der Waals surface area contributed by atoms with Gasteiger partial charge in [-0.1, -0.05) is 42.1 Å². The SMILES string of the molecule is O=C(O)CCCC(=O)N=C1SC2CS(=O)(=O)CC2N1c1ccc(OCc2ccccc2)cc1. The molecular weight excluding hydrogens is 464 g/mol. The van der Waals surface area contributed by atoms with Crippen LogP contribution in [0.3, 0.4) is 0 Å². The van der Waals surface area contributed by atoms with Gasteiger partial charge in [0.05, 0.1) is 17.5 Å². The predicted molar refractivity (Wildman–Crippen MR) is 127 cm³/mol. The van der Waals surface area contributed by atoms with Crippen LogP contribution in [0.2, 0.25) is 0 Å². The van der Waals surface area contributed by atoms with Crippen molar-refractivity contribution < 1.29 is 27.9 Å². The quantitative estimate of drug-likeness (QED) is 0.603. The van der Waals surface area contributed by atoms with Gasteiger partial charge in [0.2, 0.25) is 5.91 Å². The maximum Gasteiger partial charge on any atom is 0.303 e. The number of amides is 1.